The number of anilines is 2. The Balaban J connectivity index is 2.60. The standard InChI is InChI=1S/C13H16FN5O2/c1-8-7-17-3-2-4-18(8)13-9(6-15)5-10(19(20)21)12(16)11(13)14/h5,8,17H,2-4,7,16H2,1H3. The summed E-state index contributed by atoms with van der Waals surface area (Å²) in [5.74, 6) is -0.894. The molecular formula is C13H16FN5O2. The van der Waals surface area contributed by atoms with Crippen LogP contribution in [0.25, 0.3) is 0 Å². The van der Waals surface area contributed by atoms with E-state index < -0.39 is 22.1 Å². The summed E-state index contributed by atoms with van der Waals surface area (Å²) >= 11 is 0. The van der Waals surface area contributed by atoms with Crippen LogP contribution in [0.15, 0.2) is 6.07 Å². The maximum atomic E-state index is 14.5. The molecular weight excluding hydrogens is 277 g/mol. The average molecular weight is 293 g/mol. The molecule has 1 aromatic rings. The van der Waals surface area contributed by atoms with Crippen LogP contribution >= 0.6 is 0 Å². The topological polar surface area (TPSA) is 108 Å². The first-order chi connectivity index (χ1) is 9.97. The lowest BCUT2D eigenvalue weighted by Gasteiger charge is -2.30. The van der Waals surface area contributed by atoms with Crippen molar-refractivity contribution in [3.05, 3.63) is 27.6 Å². The van der Waals surface area contributed by atoms with E-state index in [0.717, 1.165) is 19.0 Å². The molecule has 0 spiro atoms. The van der Waals surface area contributed by atoms with Gasteiger partial charge in [-0.05, 0) is 19.9 Å². The Morgan fingerprint density at radius 2 is 2.38 bits per heavy atom. The lowest BCUT2D eigenvalue weighted by atomic mass is 10.1. The van der Waals surface area contributed by atoms with Crippen molar-refractivity contribution in [3.63, 3.8) is 0 Å². The summed E-state index contributed by atoms with van der Waals surface area (Å²) in [5.41, 5.74) is 4.41. The van der Waals surface area contributed by atoms with Gasteiger partial charge in [-0.25, -0.2) is 4.39 Å². The van der Waals surface area contributed by atoms with Crippen molar-refractivity contribution in [2.75, 3.05) is 30.3 Å². The molecule has 1 heterocycles. The van der Waals surface area contributed by atoms with E-state index in [1.54, 1.807) is 4.90 Å². The van der Waals surface area contributed by atoms with Gasteiger partial charge in [-0.2, -0.15) is 5.26 Å². The molecule has 1 aromatic carbocycles. The lowest BCUT2D eigenvalue weighted by Crippen LogP contribution is -2.38. The summed E-state index contributed by atoms with van der Waals surface area (Å²) in [6, 6.07) is 2.83. The smallest absolute Gasteiger partial charge is 0.296 e. The fraction of sp³-hybridized carbons (Fsp3) is 0.462. The van der Waals surface area contributed by atoms with Crippen LogP contribution in [-0.2, 0) is 0 Å². The van der Waals surface area contributed by atoms with E-state index in [4.69, 9.17) is 5.73 Å². The third-order valence-electron chi connectivity index (χ3n) is 3.59. The van der Waals surface area contributed by atoms with Gasteiger partial charge in [-0.3, -0.25) is 10.1 Å². The van der Waals surface area contributed by atoms with Crippen molar-refractivity contribution in [1.29, 1.82) is 5.26 Å². The number of nitro benzene ring substituents is 1. The van der Waals surface area contributed by atoms with Crippen LogP contribution in [-0.4, -0.2) is 30.6 Å². The summed E-state index contributed by atoms with van der Waals surface area (Å²) in [6.07, 6.45) is 0.783. The Morgan fingerprint density at radius 1 is 1.67 bits per heavy atom. The normalized spacial score (nSPS) is 18.9. The molecule has 1 aliphatic rings. The molecule has 0 radical (unpaired) electrons. The zero-order chi connectivity index (χ0) is 15.6. The van der Waals surface area contributed by atoms with Crippen LogP contribution < -0.4 is 16.0 Å². The van der Waals surface area contributed by atoms with Crippen LogP contribution in [0.4, 0.5) is 21.5 Å². The second-order valence-electron chi connectivity index (χ2n) is 4.99. The molecule has 0 amide bonds. The molecule has 1 fully saturated rings. The minimum atomic E-state index is -0.894. The van der Waals surface area contributed by atoms with Gasteiger partial charge in [0.25, 0.3) is 5.69 Å². The van der Waals surface area contributed by atoms with Crippen molar-refractivity contribution in [2.24, 2.45) is 0 Å². The molecule has 0 aromatic heterocycles. The summed E-state index contributed by atoms with van der Waals surface area (Å²) < 4.78 is 14.5. The maximum Gasteiger partial charge on any atom is 0.296 e. The van der Waals surface area contributed by atoms with E-state index in [1.165, 1.54) is 0 Å². The number of nitrogens with zero attached hydrogens (tertiary/aromatic N) is 3. The molecule has 2 rings (SSSR count). The zero-order valence-electron chi connectivity index (χ0n) is 11.6. The first-order valence-electron chi connectivity index (χ1n) is 6.61. The van der Waals surface area contributed by atoms with E-state index in [9.17, 15) is 19.8 Å². The number of hydrogen-bond donors (Lipinski definition) is 2. The number of nitrogens with one attached hydrogen (secondary N) is 1. The maximum absolute atomic E-state index is 14.5. The van der Waals surface area contributed by atoms with Crippen molar-refractivity contribution < 1.29 is 9.31 Å². The summed E-state index contributed by atoms with van der Waals surface area (Å²) in [6.45, 7) is 3.89. The van der Waals surface area contributed by atoms with E-state index in [0.29, 0.717) is 13.1 Å². The van der Waals surface area contributed by atoms with Crippen LogP contribution in [0.1, 0.15) is 18.9 Å². The molecule has 1 aliphatic heterocycles. The van der Waals surface area contributed by atoms with Gasteiger partial charge in [-0.15, -0.1) is 0 Å². The van der Waals surface area contributed by atoms with Gasteiger partial charge in [0, 0.05) is 25.2 Å². The highest BCUT2D eigenvalue weighted by molar-refractivity contribution is 5.74. The molecule has 21 heavy (non-hydrogen) atoms. The van der Waals surface area contributed by atoms with E-state index >= 15 is 0 Å². The minimum Gasteiger partial charge on any atom is -0.391 e. The Labute approximate surface area is 121 Å². The monoisotopic (exact) mass is 293 g/mol. The van der Waals surface area contributed by atoms with Gasteiger partial charge >= 0.3 is 0 Å². The highest BCUT2D eigenvalue weighted by Crippen LogP contribution is 2.36. The van der Waals surface area contributed by atoms with Gasteiger partial charge in [0.1, 0.15) is 11.8 Å². The second-order valence-corrected chi connectivity index (χ2v) is 4.99. The summed E-state index contributed by atoms with van der Waals surface area (Å²) in [7, 11) is 0. The summed E-state index contributed by atoms with van der Waals surface area (Å²) in [4.78, 5) is 11.8. The van der Waals surface area contributed by atoms with Gasteiger partial charge < -0.3 is 16.0 Å². The molecule has 0 aliphatic carbocycles. The fourth-order valence-corrected chi connectivity index (χ4v) is 2.51. The Bertz CT molecular complexity index is 614. The molecule has 8 heteroatoms. The molecule has 0 bridgehead atoms. The molecule has 1 atom stereocenters. The SMILES string of the molecule is CC1CNCCCN1c1c(C#N)cc([N+](=O)[O-])c(N)c1F. The van der Waals surface area contributed by atoms with Crippen molar-refractivity contribution in [1.82, 2.24) is 5.32 Å². The van der Waals surface area contributed by atoms with Crippen LogP contribution in [0, 0.1) is 27.3 Å². The van der Waals surface area contributed by atoms with Crippen molar-refractivity contribution in [3.8, 4) is 6.07 Å². The Morgan fingerprint density at radius 3 is 3.00 bits per heavy atom. The predicted molar refractivity (Wildman–Crippen MR) is 76.5 cm³/mol. The van der Waals surface area contributed by atoms with Gasteiger partial charge in [-0.1, -0.05) is 0 Å². The lowest BCUT2D eigenvalue weighted by molar-refractivity contribution is -0.384. The first-order valence-corrected chi connectivity index (χ1v) is 6.61. The first kappa shape index (κ1) is 15.0. The quantitative estimate of drug-likeness (QED) is 0.484. The van der Waals surface area contributed by atoms with Crippen LogP contribution in [0.3, 0.4) is 0 Å². The largest absolute Gasteiger partial charge is 0.391 e. The number of nitrogens with two attached hydrogens (primary N) is 1. The van der Waals surface area contributed by atoms with Gasteiger partial charge in [0.2, 0.25) is 0 Å². The third kappa shape index (κ3) is 2.73. The molecule has 1 unspecified atom stereocenters. The highest BCUT2D eigenvalue weighted by atomic mass is 19.1. The molecule has 1 saturated heterocycles. The minimum absolute atomic E-state index is 0.0463. The van der Waals surface area contributed by atoms with Gasteiger partial charge in [0.15, 0.2) is 5.82 Å². The number of rotatable bonds is 2. The highest BCUT2D eigenvalue weighted by Gasteiger charge is 2.29. The fourth-order valence-electron chi connectivity index (χ4n) is 2.51. The van der Waals surface area contributed by atoms with Gasteiger partial charge in [0.05, 0.1) is 16.2 Å². The zero-order valence-corrected chi connectivity index (χ0v) is 11.6. The molecule has 112 valence electrons. The summed E-state index contributed by atoms with van der Waals surface area (Å²) in [5, 5.41) is 23.3. The third-order valence-corrected chi connectivity index (χ3v) is 3.59. The molecule has 0 saturated carbocycles. The van der Waals surface area contributed by atoms with E-state index in [-0.39, 0.29) is 17.3 Å². The van der Waals surface area contributed by atoms with Crippen LogP contribution in [0.5, 0.6) is 0 Å². The number of hydrogen-bond acceptors (Lipinski definition) is 6. The van der Waals surface area contributed by atoms with E-state index in [1.807, 2.05) is 13.0 Å². The number of halogens is 1. The predicted octanol–water partition coefficient (Wildman–Crippen LogP) is 1.38. The second kappa shape index (κ2) is 5.93. The van der Waals surface area contributed by atoms with Crippen molar-refractivity contribution in [2.45, 2.75) is 19.4 Å². The Hall–Kier alpha value is -2.40. The number of nitrogen functional groups attached to an aromatic ring is 1. The molecule has 3 N–H and O–H groups in total. The number of nitriles is 1. The Kier molecular flexibility index (Phi) is 4.23. The van der Waals surface area contributed by atoms with Crippen molar-refractivity contribution >= 4 is 17.1 Å². The van der Waals surface area contributed by atoms with Crippen LogP contribution in [0.2, 0.25) is 0 Å². The number of benzene rings is 1. The number of nitro groups is 1. The average Bonchev–Trinajstić information content (AvgIpc) is 2.66. The van der Waals surface area contributed by atoms with E-state index in [2.05, 4.69) is 5.32 Å². The molecule has 7 nitrogen and oxygen atoms in total.